The molecule has 0 aromatic heterocycles. The number of urea groups is 1. The maximum Gasteiger partial charge on any atom is 0.319 e. The number of morpholine rings is 1. The molecular weight excluding hydrogens is 309 g/mol. The fraction of sp³-hybridized carbons (Fsp3) is 0.611. The standard InChI is InChI=1S/C18H26FN3O2/c19-15-6-2-3-7-16(15)21-17(23)20-14-18(8-4-1-5-9-18)22-10-12-24-13-11-22/h2-3,6-7H,1,4-5,8-14H2,(H2,20,21,23). The average Bonchev–Trinajstić information content (AvgIpc) is 2.63. The number of rotatable bonds is 4. The summed E-state index contributed by atoms with van der Waals surface area (Å²) in [6, 6.07) is 5.86. The summed E-state index contributed by atoms with van der Waals surface area (Å²) >= 11 is 0. The van der Waals surface area contributed by atoms with E-state index in [4.69, 9.17) is 4.74 Å². The molecule has 0 bridgehead atoms. The summed E-state index contributed by atoms with van der Waals surface area (Å²) < 4.78 is 19.1. The van der Waals surface area contributed by atoms with Crippen molar-refractivity contribution in [3.05, 3.63) is 30.1 Å². The van der Waals surface area contributed by atoms with Gasteiger partial charge in [0.15, 0.2) is 0 Å². The Hall–Kier alpha value is -1.66. The Morgan fingerprint density at radius 1 is 1.17 bits per heavy atom. The molecule has 0 unspecified atom stereocenters. The van der Waals surface area contributed by atoms with Gasteiger partial charge in [0.25, 0.3) is 0 Å². The van der Waals surface area contributed by atoms with Crippen molar-refractivity contribution in [3.8, 4) is 0 Å². The van der Waals surface area contributed by atoms with E-state index in [2.05, 4.69) is 15.5 Å². The van der Waals surface area contributed by atoms with Crippen molar-refractivity contribution < 1.29 is 13.9 Å². The molecule has 0 radical (unpaired) electrons. The van der Waals surface area contributed by atoms with Crippen LogP contribution in [0.2, 0.25) is 0 Å². The number of amides is 2. The third-order valence-corrected chi connectivity index (χ3v) is 5.17. The van der Waals surface area contributed by atoms with E-state index in [9.17, 15) is 9.18 Å². The minimum atomic E-state index is -0.423. The smallest absolute Gasteiger partial charge is 0.319 e. The average molecular weight is 335 g/mol. The van der Waals surface area contributed by atoms with E-state index < -0.39 is 5.82 Å². The first-order valence-electron chi connectivity index (χ1n) is 8.82. The van der Waals surface area contributed by atoms with E-state index in [0.29, 0.717) is 6.54 Å². The third-order valence-electron chi connectivity index (χ3n) is 5.17. The molecule has 2 N–H and O–H groups in total. The van der Waals surface area contributed by atoms with Crippen molar-refractivity contribution in [3.63, 3.8) is 0 Å². The Balaban J connectivity index is 1.60. The predicted octanol–water partition coefficient (Wildman–Crippen LogP) is 2.98. The van der Waals surface area contributed by atoms with E-state index in [1.165, 1.54) is 25.3 Å². The Morgan fingerprint density at radius 2 is 1.88 bits per heavy atom. The highest BCUT2D eigenvalue weighted by Gasteiger charge is 2.38. The fourth-order valence-electron chi connectivity index (χ4n) is 3.83. The lowest BCUT2D eigenvalue weighted by atomic mass is 9.80. The fourth-order valence-corrected chi connectivity index (χ4v) is 3.83. The summed E-state index contributed by atoms with van der Waals surface area (Å²) in [4.78, 5) is 14.7. The number of halogens is 1. The van der Waals surface area contributed by atoms with Crippen molar-refractivity contribution in [1.29, 1.82) is 0 Å². The normalized spacial score (nSPS) is 21.2. The number of para-hydroxylation sites is 1. The van der Waals surface area contributed by atoms with Crippen molar-refractivity contribution in [1.82, 2.24) is 10.2 Å². The maximum atomic E-state index is 13.6. The molecule has 132 valence electrons. The third kappa shape index (κ3) is 4.05. The van der Waals surface area contributed by atoms with Crippen LogP contribution in [0.25, 0.3) is 0 Å². The van der Waals surface area contributed by atoms with Gasteiger partial charge in [-0.3, -0.25) is 4.90 Å². The molecule has 2 amide bonds. The van der Waals surface area contributed by atoms with Gasteiger partial charge in [0.1, 0.15) is 5.82 Å². The first-order valence-corrected chi connectivity index (χ1v) is 8.82. The Bertz CT molecular complexity index is 555. The van der Waals surface area contributed by atoms with Crippen LogP contribution < -0.4 is 10.6 Å². The van der Waals surface area contributed by atoms with Crippen molar-refractivity contribution in [2.45, 2.75) is 37.6 Å². The number of nitrogens with zero attached hydrogens (tertiary/aromatic N) is 1. The molecule has 1 heterocycles. The van der Waals surface area contributed by atoms with Crippen LogP contribution in [0.15, 0.2) is 24.3 Å². The molecule has 1 aliphatic carbocycles. The molecule has 1 saturated carbocycles. The highest BCUT2D eigenvalue weighted by molar-refractivity contribution is 5.89. The second kappa shape index (κ2) is 7.94. The summed E-state index contributed by atoms with van der Waals surface area (Å²) in [5.41, 5.74) is 0.216. The van der Waals surface area contributed by atoms with Gasteiger partial charge in [0, 0.05) is 25.2 Å². The van der Waals surface area contributed by atoms with Gasteiger partial charge in [-0.25, -0.2) is 9.18 Å². The molecular formula is C18H26FN3O2. The highest BCUT2D eigenvalue weighted by Crippen LogP contribution is 2.33. The molecule has 1 aromatic carbocycles. The summed E-state index contributed by atoms with van der Waals surface area (Å²) in [6.45, 7) is 3.92. The number of carbonyl (C=O) groups is 1. The van der Waals surface area contributed by atoms with Crippen LogP contribution in [0.1, 0.15) is 32.1 Å². The Morgan fingerprint density at radius 3 is 2.58 bits per heavy atom. The number of nitrogens with one attached hydrogen (secondary N) is 2. The number of hydrogen-bond acceptors (Lipinski definition) is 3. The van der Waals surface area contributed by atoms with Gasteiger partial charge in [-0.05, 0) is 25.0 Å². The zero-order valence-corrected chi connectivity index (χ0v) is 14.0. The van der Waals surface area contributed by atoms with E-state index >= 15 is 0 Å². The predicted molar refractivity (Wildman–Crippen MR) is 91.6 cm³/mol. The molecule has 24 heavy (non-hydrogen) atoms. The van der Waals surface area contributed by atoms with Crippen LogP contribution in [0.4, 0.5) is 14.9 Å². The first-order chi connectivity index (χ1) is 11.7. The number of benzene rings is 1. The number of anilines is 1. The first kappa shape index (κ1) is 17.2. The summed E-state index contributed by atoms with van der Waals surface area (Å²) in [7, 11) is 0. The number of ether oxygens (including phenoxy) is 1. The lowest BCUT2D eigenvalue weighted by Crippen LogP contribution is -2.60. The molecule has 2 aliphatic rings. The highest BCUT2D eigenvalue weighted by atomic mass is 19.1. The van der Waals surface area contributed by atoms with E-state index in [1.807, 2.05) is 0 Å². The Kier molecular flexibility index (Phi) is 5.68. The van der Waals surface area contributed by atoms with Crippen molar-refractivity contribution >= 4 is 11.7 Å². The van der Waals surface area contributed by atoms with Gasteiger partial charge < -0.3 is 15.4 Å². The largest absolute Gasteiger partial charge is 0.379 e. The van der Waals surface area contributed by atoms with Crippen LogP contribution in [0.3, 0.4) is 0 Å². The van der Waals surface area contributed by atoms with E-state index in [-0.39, 0.29) is 17.3 Å². The number of carbonyl (C=O) groups excluding carboxylic acids is 1. The zero-order chi connectivity index (χ0) is 16.8. The lowest BCUT2D eigenvalue weighted by Gasteiger charge is -2.48. The molecule has 2 fully saturated rings. The molecule has 6 heteroatoms. The van der Waals surface area contributed by atoms with Crippen LogP contribution in [0, 0.1) is 5.82 Å². The minimum Gasteiger partial charge on any atom is -0.379 e. The van der Waals surface area contributed by atoms with Gasteiger partial charge in [-0.1, -0.05) is 31.4 Å². The van der Waals surface area contributed by atoms with E-state index in [0.717, 1.165) is 39.1 Å². The topological polar surface area (TPSA) is 53.6 Å². The van der Waals surface area contributed by atoms with Crippen LogP contribution in [-0.4, -0.2) is 49.3 Å². The lowest BCUT2D eigenvalue weighted by molar-refractivity contribution is -0.0356. The molecule has 1 aliphatic heterocycles. The van der Waals surface area contributed by atoms with Crippen molar-refractivity contribution in [2.24, 2.45) is 0 Å². The van der Waals surface area contributed by atoms with Gasteiger partial charge in [-0.15, -0.1) is 0 Å². The van der Waals surface area contributed by atoms with Crippen LogP contribution in [0.5, 0.6) is 0 Å². The summed E-state index contributed by atoms with van der Waals surface area (Å²) in [5.74, 6) is -0.423. The summed E-state index contributed by atoms with van der Waals surface area (Å²) in [6.07, 6.45) is 5.81. The second-order valence-corrected chi connectivity index (χ2v) is 6.67. The van der Waals surface area contributed by atoms with Crippen LogP contribution >= 0.6 is 0 Å². The van der Waals surface area contributed by atoms with Gasteiger partial charge in [-0.2, -0.15) is 0 Å². The zero-order valence-electron chi connectivity index (χ0n) is 14.0. The van der Waals surface area contributed by atoms with Crippen LogP contribution in [-0.2, 0) is 4.74 Å². The monoisotopic (exact) mass is 335 g/mol. The molecule has 3 rings (SSSR count). The molecule has 0 spiro atoms. The maximum absolute atomic E-state index is 13.6. The second-order valence-electron chi connectivity index (χ2n) is 6.67. The van der Waals surface area contributed by atoms with E-state index in [1.54, 1.807) is 18.2 Å². The summed E-state index contributed by atoms with van der Waals surface area (Å²) in [5, 5.41) is 5.57. The minimum absolute atomic E-state index is 0.00853. The Labute approximate surface area is 142 Å². The van der Waals surface area contributed by atoms with Gasteiger partial charge in [0.2, 0.25) is 0 Å². The molecule has 0 atom stereocenters. The quantitative estimate of drug-likeness (QED) is 0.889. The van der Waals surface area contributed by atoms with Gasteiger partial charge in [0.05, 0.1) is 18.9 Å². The number of hydrogen-bond donors (Lipinski definition) is 2. The molecule has 1 aromatic rings. The SMILES string of the molecule is O=C(NCC1(N2CCOCC2)CCCCC1)Nc1ccccc1F. The van der Waals surface area contributed by atoms with Gasteiger partial charge >= 0.3 is 6.03 Å². The molecule has 1 saturated heterocycles. The molecule has 5 nitrogen and oxygen atoms in total. The van der Waals surface area contributed by atoms with Crippen molar-refractivity contribution in [2.75, 3.05) is 38.2 Å².